The minimum atomic E-state index is -0.235. The first kappa shape index (κ1) is 16.3. The fourth-order valence-electron chi connectivity index (χ4n) is 2.32. The number of ether oxygens (including phenoxy) is 1. The predicted molar refractivity (Wildman–Crippen MR) is 79.5 cm³/mol. The van der Waals surface area contributed by atoms with E-state index in [1.165, 1.54) is 6.07 Å². The van der Waals surface area contributed by atoms with Crippen LogP contribution in [0.5, 0.6) is 0 Å². The van der Waals surface area contributed by atoms with Gasteiger partial charge in [0.25, 0.3) is 0 Å². The zero-order chi connectivity index (χ0) is 14.3. The van der Waals surface area contributed by atoms with Crippen LogP contribution in [0.2, 0.25) is 0 Å². The third-order valence-corrected chi connectivity index (χ3v) is 3.66. The van der Waals surface area contributed by atoms with Gasteiger partial charge in [0.05, 0.1) is 6.61 Å². The van der Waals surface area contributed by atoms with Gasteiger partial charge >= 0.3 is 0 Å². The molecule has 4 heteroatoms. The molecule has 1 rings (SSSR count). The SMILES string of the molecule is CCC(CC)N(CCOC)c1cc(F)cc(CCl)c1. The molecule has 0 spiro atoms. The van der Waals surface area contributed by atoms with E-state index in [1.807, 2.05) is 6.07 Å². The lowest BCUT2D eigenvalue weighted by Crippen LogP contribution is -2.37. The molecule has 1 aromatic carbocycles. The van der Waals surface area contributed by atoms with Crippen molar-refractivity contribution in [3.63, 3.8) is 0 Å². The molecule has 0 saturated carbocycles. The summed E-state index contributed by atoms with van der Waals surface area (Å²) in [5.41, 5.74) is 1.70. The summed E-state index contributed by atoms with van der Waals surface area (Å²) in [6, 6.07) is 5.41. The highest BCUT2D eigenvalue weighted by molar-refractivity contribution is 6.17. The summed E-state index contributed by atoms with van der Waals surface area (Å²) in [5.74, 6) is 0.0905. The molecule has 0 atom stereocenters. The lowest BCUT2D eigenvalue weighted by Gasteiger charge is -2.33. The number of halogens is 2. The molecule has 0 amide bonds. The molecule has 0 heterocycles. The average molecular weight is 288 g/mol. The van der Waals surface area contributed by atoms with Crippen molar-refractivity contribution in [2.75, 3.05) is 25.2 Å². The number of nitrogens with zero attached hydrogens (tertiary/aromatic N) is 1. The van der Waals surface area contributed by atoms with Gasteiger partial charge in [0.15, 0.2) is 0 Å². The minimum absolute atomic E-state index is 0.235. The first-order chi connectivity index (χ1) is 9.15. The Morgan fingerprint density at radius 2 is 1.95 bits per heavy atom. The molecule has 0 radical (unpaired) electrons. The summed E-state index contributed by atoms with van der Waals surface area (Å²) < 4.78 is 18.8. The van der Waals surface area contributed by atoms with Crippen molar-refractivity contribution in [1.82, 2.24) is 0 Å². The highest BCUT2D eigenvalue weighted by Gasteiger charge is 2.16. The standard InChI is InChI=1S/C15H23ClFNO/c1-4-14(5-2)18(6-7-19-3)15-9-12(11-16)8-13(17)10-15/h8-10,14H,4-7,11H2,1-3H3. The van der Waals surface area contributed by atoms with E-state index in [9.17, 15) is 4.39 Å². The second-order valence-electron chi connectivity index (χ2n) is 4.61. The average Bonchev–Trinajstić information content (AvgIpc) is 2.42. The molecular weight excluding hydrogens is 265 g/mol. The molecule has 0 unspecified atom stereocenters. The molecule has 108 valence electrons. The number of hydrogen-bond donors (Lipinski definition) is 0. The Bertz CT molecular complexity index is 382. The molecule has 1 aromatic rings. The van der Waals surface area contributed by atoms with Gasteiger partial charge in [-0.25, -0.2) is 4.39 Å². The lowest BCUT2D eigenvalue weighted by molar-refractivity contribution is 0.202. The smallest absolute Gasteiger partial charge is 0.125 e. The van der Waals surface area contributed by atoms with Crippen LogP contribution in [0.3, 0.4) is 0 Å². The molecule has 0 bridgehead atoms. The third kappa shape index (κ3) is 4.66. The maximum atomic E-state index is 13.7. The largest absolute Gasteiger partial charge is 0.383 e. The van der Waals surface area contributed by atoms with Crippen molar-refractivity contribution in [3.8, 4) is 0 Å². The van der Waals surface area contributed by atoms with Gasteiger partial charge < -0.3 is 9.64 Å². The zero-order valence-corrected chi connectivity index (χ0v) is 12.7. The molecule has 0 N–H and O–H groups in total. The molecular formula is C15H23ClFNO. The summed E-state index contributed by atoms with van der Waals surface area (Å²) in [7, 11) is 1.68. The van der Waals surface area contributed by atoms with Gasteiger partial charge in [-0.2, -0.15) is 0 Å². The second-order valence-corrected chi connectivity index (χ2v) is 4.88. The van der Waals surface area contributed by atoms with Crippen LogP contribution in [0.4, 0.5) is 10.1 Å². The predicted octanol–water partition coefficient (Wildman–Crippen LogP) is 4.21. The number of anilines is 1. The monoisotopic (exact) mass is 287 g/mol. The van der Waals surface area contributed by atoms with Gasteiger partial charge in [-0.05, 0) is 36.6 Å². The van der Waals surface area contributed by atoms with Crippen LogP contribution in [0.15, 0.2) is 18.2 Å². The molecule has 2 nitrogen and oxygen atoms in total. The summed E-state index contributed by atoms with van der Waals surface area (Å²) in [5, 5.41) is 0. The third-order valence-electron chi connectivity index (χ3n) is 3.35. The van der Waals surface area contributed by atoms with Gasteiger partial charge in [0.2, 0.25) is 0 Å². The van der Waals surface area contributed by atoms with Gasteiger partial charge in [0.1, 0.15) is 5.82 Å². The number of hydrogen-bond acceptors (Lipinski definition) is 2. The maximum Gasteiger partial charge on any atom is 0.125 e. The van der Waals surface area contributed by atoms with Crippen molar-refractivity contribution < 1.29 is 9.13 Å². The van der Waals surface area contributed by atoms with Crippen molar-refractivity contribution in [2.24, 2.45) is 0 Å². The Morgan fingerprint density at radius 3 is 2.47 bits per heavy atom. The summed E-state index contributed by atoms with van der Waals surface area (Å²) in [6.45, 7) is 5.68. The summed E-state index contributed by atoms with van der Waals surface area (Å²) >= 11 is 5.82. The van der Waals surface area contributed by atoms with Crippen LogP contribution in [-0.2, 0) is 10.6 Å². The quantitative estimate of drug-likeness (QED) is 0.664. The van der Waals surface area contributed by atoms with Crippen molar-refractivity contribution in [3.05, 3.63) is 29.6 Å². The van der Waals surface area contributed by atoms with Crippen LogP contribution in [-0.4, -0.2) is 26.3 Å². The van der Waals surface area contributed by atoms with Crippen LogP contribution in [0, 0.1) is 5.82 Å². The Kier molecular flexibility index (Phi) is 7.17. The Labute approximate surface area is 120 Å². The fourth-order valence-corrected chi connectivity index (χ4v) is 2.47. The number of benzene rings is 1. The molecule has 0 saturated heterocycles. The first-order valence-corrected chi connectivity index (χ1v) is 7.30. The van der Waals surface area contributed by atoms with E-state index in [1.54, 1.807) is 13.2 Å². The van der Waals surface area contributed by atoms with E-state index in [2.05, 4.69) is 18.7 Å². The first-order valence-electron chi connectivity index (χ1n) is 6.77. The molecule has 0 aliphatic heterocycles. The number of alkyl halides is 1. The van der Waals surface area contributed by atoms with Gasteiger partial charge in [-0.3, -0.25) is 0 Å². The molecule has 0 aromatic heterocycles. The Balaban J connectivity index is 3.04. The molecule has 0 aliphatic rings. The minimum Gasteiger partial charge on any atom is -0.383 e. The number of rotatable bonds is 8. The highest BCUT2D eigenvalue weighted by atomic mass is 35.5. The second kappa shape index (κ2) is 8.39. The van der Waals surface area contributed by atoms with E-state index in [4.69, 9.17) is 16.3 Å². The Hall–Kier alpha value is -0.800. The lowest BCUT2D eigenvalue weighted by atomic mass is 10.1. The van der Waals surface area contributed by atoms with Gasteiger partial charge in [-0.1, -0.05) is 13.8 Å². The van der Waals surface area contributed by atoms with Crippen molar-refractivity contribution in [2.45, 2.75) is 38.6 Å². The normalized spacial score (nSPS) is 11.1. The molecule has 0 fully saturated rings. The molecule has 19 heavy (non-hydrogen) atoms. The van der Waals surface area contributed by atoms with E-state index >= 15 is 0 Å². The zero-order valence-electron chi connectivity index (χ0n) is 12.0. The number of methoxy groups -OCH3 is 1. The van der Waals surface area contributed by atoms with E-state index < -0.39 is 0 Å². The fraction of sp³-hybridized carbons (Fsp3) is 0.600. The van der Waals surface area contributed by atoms with Gasteiger partial charge in [0, 0.05) is 31.3 Å². The van der Waals surface area contributed by atoms with E-state index in [0.29, 0.717) is 18.5 Å². The van der Waals surface area contributed by atoms with E-state index in [-0.39, 0.29) is 5.82 Å². The van der Waals surface area contributed by atoms with Crippen LogP contribution in [0.25, 0.3) is 0 Å². The van der Waals surface area contributed by atoms with Crippen LogP contribution in [0.1, 0.15) is 32.3 Å². The maximum absolute atomic E-state index is 13.7. The van der Waals surface area contributed by atoms with Gasteiger partial charge in [-0.15, -0.1) is 11.6 Å². The van der Waals surface area contributed by atoms with Crippen LogP contribution < -0.4 is 4.90 Å². The van der Waals surface area contributed by atoms with E-state index in [0.717, 1.165) is 30.6 Å². The van der Waals surface area contributed by atoms with Crippen molar-refractivity contribution >= 4 is 17.3 Å². The van der Waals surface area contributed by atoms with Crippen LogP contribution >= 0.6 is 11.6 Å². The Morgan fingerprint density at radius 1 is 1.26 bits per heavy atom. The summed E-state index contributed by atoms with van der Waals surface area (Å²) in [4.78, 5) is 2.21. The summed E-state index contributed by atoms with van der Waals surface area (Å²) in [6.07, 6.45) is 2.04. The highest BCUT2D eigenvalue weighted by Crippen LogP contribution is 2.24. The topological polar surface area (TPSA) is 12.5 Å². The van der Waals surface area contributed by atoms with Crippen molar-refractivity contribution in [1.29, 1.82) is 0 Å². The molecule has 0 aliphatic carbocycles.